The highest BCUT2D eigenvalue weighted by Crippen LogP contribution is 2.30. The number of halogens is 1. The molecule has 4 nitrogen and oxygen atoms in total. The Labute approximate surface area is 110 Å². The molecule has 0 bridgehead atoms. The van der Waals surface area contributed by atoms with Crippen molar-refractivity contribution in [3.05, 3.63) is 47.1 Å². The lowest BCUT2D eigenvalue weighted by atomic mass is 10.2. The summed E-state index contributed by atoms with van der Waals surface area (Å²) in [6.45, 7) is 1.97. The Morgan fingerprint density at radius 2 is 2.17 bits per heavy atom. The van der Waals surface area contributed by atoms with Crippen LogP contribution in [0.1, 0.15) is 5.56 Å². The molecular formula is C13H12ClN3O. The van der Waals surface area contributed by atoms with Crippen LogP contribution in [0.25, 0.3) is 0 Å². The minimum absolute atomic E-state index is 0.528. The lowest BCUT2D eigenvalue weighted by Gasteiger charge is -2.07. The van der Waals surface area contributed by atoms with Gasteiger partial charge in [0.1, 0.15) is 11.5 Å². The Hall–Kier alpha value is -2.07. The maximum absolute atomic E-state index is 6.07. The number of aliphatic imine (C=N–C) groups is 1. The molecule has 0 aliphatic carbocycles. The molecule has 0 atom stereocenters. The van der Waals surface area contributed by atoms with Crippen molar-refractivity contribution in [3.8, 4) is 11.5 Å². The zero-order valence-electron chi connectivity index (χ0n) is 9.80. The number of hydrogen-bond donors (Lipinski definition) is 1. The fourth-order valence-electron chi connectivity index (χ4n) is 1.40. The minimum atomic E-state index is 0.528. The number of benzene rings is 1. The van der Waals surface area contributed by atoms with Crippen LogP contribution in [0.2, 0.25) is 5.02 Å². The first-order chi connectivity index (χ1) is 8.69. The standard InChI is InChI=1S/C13H12ClN3O/c1-9-2-4-12(11(14)6-9)18-10-3-5-13(16-7-10)17-8-15/h2-8H,1H3,(H2,15,16,17). The maximum atomic E-state index is 6.07. The summed E-state index contributed by atoms with van der Waals surface area (Å²) in [4.78, 5) is 7.91. The first kappa shape index (κ1) is 12.4. The van der Waals surface area contributed by atoms with Crippen molar-refractivity contribution in [1.29, 1.82) is 0 Å². The molecule has 5 heteroatoms. The first-order valence-corrected chi connectivity index (χ1v) is 5.71. The Morgan fingerprint density at radius 1 is 1.33 bits per heavy atom. The Balaban J connectivity index is 2.18. The van der Waals surface area contributed by atoms with Crippen LogP contribution in [0.5, 0.6) is 11.5 Å². The summed E-state index contributed by atoms with van der Waals surface area (Å²) in [6, 6.07) is 9.06. The number of rotatable bonds is 3. The van der Waals surface area contributed by atoms with Gasteiger partial charge in [-0.1, -0.05) is 17.7 Å². The molecular weight excluding hydrogens is 250 g/mol. The van der Waals surface area contributed by atoms with Gasteiger partial charge in [-0.25, -0.2) is 9.98 Å². The molecule has 0 radical (unpaired) electrons. The average Bonchev–Trinajstić information content (AvgIpc) is 2.35. The van der Waals surface area contributed by atoms with E-state index in [1.54, 1.807) is 18.3 Å². The molecule has 0 spiro atoms. The second-order valence-electron chi connectivity index (χ2n) is 3.67. The molecule has 0 unspecified atom stereocenters. The van der Waals surface area contributed by atoms with E-state index in [9.17, 15) is 0 Å². The van der Waals surface area contributed by atoms with E-state index in [-0.39, 0.29) is 0 Å². The van der Waals surface area contributed by atoms with Gasteiger partial charge in [-0.2, -0.15) is 0 Å². The molecule has 0 aliphatic rings. The van der Waals surface area contributed by atoms with Gasteiger partial charge in [0.2, 0.25) is 0 Å². The molecule has 0 saturated heterocycles. The highest BCUT2D eigenvalue weighted by atomic mass is 35.5. The summed E-state index contributed by atoms with van der Waals surface area (Å²) >= 11 is 6.07. The molecule has 92 valence electrons. The SMILES string of the molecule is Cc1ccc(Oc2ccc(N=CN)nc2)c(Cl)c1. The van der Waals surface area contributed by atoms with Crippen LogP contribution in [0.3, 0.4) is 0 Å². The van der Waals surface area contributed by atoms with Gasteiger partial charge in [-0.15, -0.1) is 0 Å². The van der Waals surface area contributed by atoms with Gasteiger partial charge < -0.3 is 10.5 Å². The summed E-state index contributed by atoms with van der Waals surface area (Å²) in [5, 5.41) is 0.569. The summed E-state index contributed by atoms with van der Waals surface area (Å²) < 4.78 is 5.62. The number of pyridine rings is 1. The van der Waals surface area contributed by atoms with E-state index < -0.39 is 0 Å². The summed E-state index contributed by atoms with van der Waals surface area (Å²) in [5.41, 5.74) is 6.26. The normalized spacial score (nSPS) is 10.8. The maximum Gasteiger partial charge on any atom is 0.153 e. The molecule has 18 heavy (non-hydrogen) atoms. The lowest BCUT2D eigenvalue weighted by molar-refractivity contribution is 0.480. The molecule has 0 saturated carbocycles. The van der Waals surface area contributed by atoms with Crippen molar-refractivity contribution in [2.75, 3.05) is 0 Å². The van der Waals surface area contributed by atoms with Crippen molar-refractivity contribution in [3.63, 3.8) is 0 Å². The minimum Gasteiger partial charge on any atom is -0.454 e. The van der Waals surface area contributed by atoms with E-state index >= 15 is 0 Å². The quantitative estimate of drug-likeness (QED) is 0.680. The summed E-state index contributed by atoms with van der Waals surface area (Å²) in [6.07, 6.45) is 2.76. The highest BCUT2D eigenvalue weighted by Gasteiger charge is 2.03. The van der Waals surface area contributed by atoms with Crippen LogP contribution in [0.4, 0.5) is 5.82 Å². The van der Waals surface area contributed by atoms with Crippen LogP contribution >= 0.6 is 11.6 Å². The molecule has 2 aromatic rings. The van der Waals surface area contributed by atoms with E-state index in [1.807, 2.05) is 25.1 Å². The number of ether oxygens (including phenoxy) is 1. The van der Waals surface area contributed by atoms with Crippen LogP contribution < -0.4 is 10.5 Å². The van der Waals surface area contributed by atoms with Gasteiger partial charge in [0.05, 0.1) is 17.6 Å². The van der Waals surface area contributed by atoms with Gasteiger partial charge in [-0.05, 0) is 36.8 Å². The second kappa shape index (κ2) is 5.51. The smallest absolute Gasteiger partial charge is 0.153 e. The van der Waals surface area contributed by atoms with Crippen LogP contribution in [0.15, 0.2) is 41.5 Å². The first-order valence-electron chi connectivity index (χ1n) is 5.33. The molecule has 2 rings (SSSR count). The van der Waals surface area contributed by atoms with Gasteiger partial charge in [0, 0.05) is 0 Å². The third kappa shape index (κ3) is 2.99. The number of hydrogen-bond acceptors (Lipinski definition) is 3. The largest absolute Gasteiger partial charge is 0.454 e. The van der Waals surface area contributed by atoms with Crippen LogP contribution in [0, 0.1) is 6.92 Å². The van der Waals surface area contributed by atoms with E-state index in [0.29, 0.717) is 22.3 Å². The molecule has 0 fully saturated rings. The van der Waals surface area contributed by atoms with Crippen molar-refractivity contribution in [1.82, 2.24) is 4.98 Å². The predicted molar refractivity (Wildman–Crippen MR) is 72.8 cm³/mol. The molecule has 1 aromatic carbocycles. The molecule has 0 aliphatic heterocycles. The number of aryl methyl sites for hydroxylation is 1. The van der Waals surface area contributed by atoms with E-state index in [0.717, 1.165) is 5.56 Å². The summed E-state index contributed by atoms with van der Waals surface area (Å²) in [7, 11) is 0. The molecule has 0 amide bonds. The predicted octanol–water partition coefficient (Wildman–Crippen LogP) is 3.45. The lowest BCUT2D eigenvalue weighted by Crippen LogP contribution is -1.89. The molecule has 1 aromatic heterocycles. The fourth-order valence-corrected chi connectivity index (χ4v) is 1.67. The van der Waals surface area contributed by atoms with Crippen molar-refractivity contribution >= 4 is 23.8 Å². The van der Waals surface area contributed by atoms with E-state index in [2.05, 4.69) is 9.98 Å². The third-order valence-corrected chi connectivity index (χ3v) is 2.54. The average molecular weight is 262 g/mol. The van der Waals surface area contributed by atoms with Gasteiger partial charge >= 0.3 is 0 Å². The molecule has 1 heterocycles. The fraction of sp³-hybridized carbons (Fsp3) is 0.0769. The van der Waals surface area contributed by atoms with Gasteiger partial charge in [-0.3, -0.25) is 0 Å². The van der Waals surface area contributed by atoms with Crippen LogP contribution in [-0.4, -0.2) is 11.3 Å². The van der Waals surface area contributed by atoms with Crippen molar-refractivity contribution in [2.24, 2.45) is 10.7 Å². The monoisotopic (exact) mass is 261 g/mol. The zero-order chi connectivity index (χ0) is 13.0. The summed E-state index contributed by atoms with van der Waals surface area (Å²) in [5.74, 6) is 1.72. The van der Waals surface area contributed by atoms with Crippen molar-refractivity contribution < 1.29 is 4.74 Å². The van der Waals surface area contributed by atoms with Gasteiger partial charge in [0.15, 0.2) is 5.82 Å². The Kier molecular flexibility index (Phi) is 3.79. The van der Waals surface area contributed by atoms with E-state index in [4.69, 9.17) is 22.1 Å². The third-order valence-electron chi connectivity index (χ3n) is 2.24. The number of nitrogens with two attached hydrogens (primary N) is 1. The Bertz CT molecular complexity index is 567. The molecule has 2 N–H and O–H groups in total. The van der Waals surface area contributed by atoms with Gasteiger partial charge in [0.25, 0.3) is 0 Å². The topological polar surface area (TPSA) is 60.5 Å². The zero-order valence-corrected chi connectivity index (χ0v) is 10.6. The van der Waals surface area contributed by atoms with E-state index in [1.165, 1.54) is 6.34 Å². The van der Waals surface area contributed by atoms with Crippen molar-refractivity contribution in [2.45, 2.75) is 6.92 Å². The number of aromatic nitrogens is 1. The highest BCUT2D eigenvalue weighted by molar-refractivity contribution is 6.32. The Morgan fingerprint density at radius 3 is 2.78 bits per heavy atom. The second-order valence-corrected chi connectivity index (χ2v) is 4.07. The number of nitrogens with zero attached hydrogens (tertiary/aromatic N) is 2. The van der Waals surface area contributed by atoms with Crippen LogP contribution in [-0.2, 0) is 0 Å².